The van der Waals surface area contributed by atoms with E-state index in [1.165, 1.54) is 4.88 Å². The van der Waals surface area contributed by atoms with Gasteiger partial charge in [-0.05, 0) is 44.2 Å². The summed E-state index contributed by atoms with van der Waals surface area (Å²) in [4.78, 5) is 26.1. The number of amides is 1. The molecule has 2 aromatic rings. The van der Waals surface area contributed by atoms with Crippen LogP contribution in [0.15, 0.2) is 18.8 Å². The molecule has 0 bridgehead atoms. The van der Waals surface area contributed by atoms with Gasteiger partial charge >= 0.3 is 0 Å². The molecular formula is C26H40ClN5O2S2. The summed E-state index contributed by atoms with van der Waals surface area (Å²) in [7, 11) is 0. The van der Waals surface area contributed by atoms with Gasteiger partial charge in [-0.2, -0.15) is 0 Å². The molecule has 0 radical (unpaired) electrons. The number of hydrogen-bond acceptors (Lipinski definition) is 8. The number of fused-ring (bicyclic) bond motifs is 1. The molecule has 0 aromatic carbocycles. The molecule has 3 heterocycles. The number of anilines is 1. The number of nitrogens with zero attached hydrogens (tertiary/aromatic N) is 3. The molecule has 0 saturated heterocycles. The van der Waals surface area contributed by atoms with Gasteiger partial charge in [-0.15, -0.1) is 11.3 Å². The average Bonchev–Trinajstić information content (AvgIpc) is 3.38. The molecule has 3 N–H and O–H groups in total. The number of hydrogen-bond donors (Lipinski definition) is 4. The predicted molar refractivity (Wildman–Crippen MR) is 156 cm³/mol. The van der Waals surface area contributed by atoms with Crippen LogP contribution >= 0.6 is 35.8 Å². The average molecular weight is 554 g/mol. The third-order valence-corrected chi connectivity index (χ3v) is 7.41. The molecule has 200 valence electrons. The van der Waals surface area contributed by atoms with E-state index in [1.807, 2.05) is 6.92 Å². The fraction of sp³-hybridized carbons (Fsp3) is 0.577. The van der Waals surface area contributed by atoms with Gasteiger partial charge in [0.1, 0.15) is 11.7 Å². The van der Waals surface area contributed by atoms with Crippen LogP contribution in [0.1, 0.15) is 77.7 Å². The van der Waals surface area contributed by atoms with E-state index in [9.17, 15) is 4.79 Å². The van der Waals surface area contributed by atoms with E-state index in [-0.39, 0.29) is 17.4 Å². The van der Waals surface area contributed by atoms with Crippen molar-refractivity contribution in [3.63, 3.8) is 0 Å². The first-order valence-electron chi connectivity index (χ1n) is 12.4. The van der Waals surface area contributed by atoms with Gasteiger partial charge in [0.25, 0.3) is 0 Å². The van der Waals surface area contributed by atoms with Gasteiger partial charge in [0.2, 0.25) is 11.9 Å². The van der Waals surface area contributed by atoms with Crippen LogP contribution in [0.2, 0.25) is 5.02 Å². The van der Waals surface area contributed by atoms with Gasteiger partial charge < -0.3 is 20.1 Å². The van der Waals surface area contributed by atoms with Gasteiger partial charge in [-0.3, -0.25) is 4.79 Å². The Kier molecular flexibility index (Phi) is 11.5. The monoisotopic (exact) mass is 553 g/mol. The van der Waals surface area contributed by atoms with Crippen LogP contribution in [0.5, 0.6) is 0 Å². The molecule has 7 nitrogen and oxygen atoms in total. The standard InChI is InChI=1S/C26H38ClN5OS.H2OS/c1-8-10-18(11-9-2)30-25-28-13-20(27)23(31-25)21-12-19-16(3)32(14-22(19)34-21)17(4)24(33)29-15-26(5,6)7;1-2/h12-13,17-18H,3,8-11,14-15H2,1-2,4-7H3,(H,29,33)(H,28,30,31);1-2H. The van der Waals surface area contributed by atoms with E-state index in [0.29, 0.717) is 30.1 Å². The molecule has 1 unspecified atom stereocenters. The van der Waals surface area contributed by atoms with Crippen LogP contribution in [0, 0.1) is 5.41 Å². The molecule has 0 spiro atoms. The van der Waals surface area contributed by atoms with Gasteiger partial charge in [-0.25, -0.2) is 9.97 Å². The lowest BCUT2D eigenvalue weighted by Gasteiger charge is -2.28. The van der Waals surface area contributed by atoms with Crippen molar-refractivity contribution in [3.05, 3.63) is 34.3 Å². The van der Waals surface area contributed by atoms with Crippen molar-refractivity contribution in [1.82, 2.24) is 20.2 Å². The summed E-state index contributed by atoms with van der Waals surface area (Å²) in [5, 5.41) is 7.08. The molecule has 36 heavy (non-hydrogen) atoms. The highest BCUT2D eigenvalue weighted by atomic mass is 35.5. The summed E-state index contributed by atoms with van der Waals surface area (Å²) >= 11 is 10.7. The molecule has 1 amide bonds. The zero-order valence-corrected chi connectivity index (χ0v) is 24.7. The normalized spacial score (nSPS) is 13.8. The maximum Gasteiger partial charge on any atom is 0.242 e. The van der Waals surface area contributed by atoms with Crippen LogP contribution in [0.25, 0.3) is 16.3 Å². The van der Waals surface area contributed by atoms with E-state index in [0.717, 1.165) is 47.5 Å². The van der Waals surface area contributed by atoms with Crippen molar-refractivity contribution < 1.29 is 9.35 Å². The summed E-state index contributed by atoms with van der Waals surface area (Å²) in [5.41, 5.74) is 2.71. The Morgan fingerprint density at radius 1 is 1.31 bits per heavy atom. The number of carbonyl (C=O) groups is 1. The molecule has 1 aliphatic heterocycles. The number of thiol groups is 1. The summed E-state index contributed by atoms with van der Waals surface area (Å²) in [6.45, 7) is 18.2. The van der Waals surface area contributed by atoms with Crippen molar-refractivity contribution in [1.29, 1.82) is 0 Å². The molecule has 10 heteroatoms. The second-order valence-corrected chi connectivity index (χ2v) is 11.8. The Morgan fingerprint density at radius 2 is 1.94 bits per heavy atom. The Hall–Kier alpha value is -1.81. The molecule has 2 aromatic heterocycles. The maximum absolute atomic E-state index is 12.7. The number of halogens is 1. The topological polar surface area (TPSA) is 90.4 Å². The lowest BCUT2D eigenvalue weighted by atomic mass is 9.97. The van der Waals surface area contributed by atoms with Gasteiger partial charge in [0.15, 0.2) is 0 Å². The number of thiophene rings is 1. The molecule has 3 rings (SSSR count). The van der Waals surface area contributed by atoms with Crippen molar-refractivity contribution in [2.45, 2.75) is 85.9 Å². The summed E-state index contributed by atoms with van der Waals surface area (Å²) in [5.74, 6) is 0.638. The largest absolute Gasteiger partial charge is 0.355 e. The fourth-order valence-electron chi connectivity index (χ4n) is 4.10. The zero-order chi connectivity index (χ0) is 27.0. The maximum atomic E-state index is 12.7. The highest BCUT2D eigenvalue weighted by Gasteiger charge is 2.32. The van der Waals surface area contributed by atoms with Crippen molar-refractivity contribution in [2.75, 3.05) is 11.9 Å². The third-order valence-electron chi connectivity index (χ3n) is 6.01. The minimum atomic E-state index is -0.287. The van der Waals surface area contributed by atoms with Crippen LogP contribution in [-0.4, -0.2) is 44.0 Å². The van der Waals surface area contributed by atoms with Gasteiger partial charge in [0.05, 0.1) is 22.6 Å². The predicted octanol–water partition coefficient (Wildman–Crippen LogP) is 6.97. The van der Waals surface area contributed by atoms with E-state index in [4.69, 9.17) is 21.1 Å². The number of aromatic nitrogens is 2. The minimum absolute atomic E-state index is 0.0229. The van der Waals surface area contributed by atoms with E-state index < -0.39 is 0 Å². The molecule has 0 saturated carbocycles. The van der Waals surface area contributed by atoms with Crippen LogP contribution < -0.4 is 10.6 Å². The van der Waals surface area contributed by atoms with E-state index in [2.05, 4.69) is 80.7 Å². The first-order valence-corrected chi connectivity index (χ1v) is 14.0. The van der Waals surface area contributed by atoms with Crippen LogP contribution in [0.4, 0.5) is 5.95 Å². The Balaban J connectivity index is 0.00000222. The highest BCUT2D eigenvalue weighted by molar-refractivity contribution is 7.74. The van der Waals surface area contributed by atoms with Crippen molar-refractivity contribution in [2.24, 2.45) is 5.41 Å². The Labute approximate surface area is 230 Å². The first kappa shape index (κ1) is 30.4. The van der Waals surface area contributed by atoms with E-state index >= 15 is 0 Å². The Bertz CT molecular complexity index is 1030. The number of nitrogens with one attached hydrogen (secondary N) is 2. The lowest BCUT2D eigenvalue weighted by molar-refractivity contribution is -0.125. The van der Waals surface area contributed by atoms with E-state index in [1.54, 1.807) is 17.5 Å². The van der Waals surface area contributed by atoms with Gasteiger partial charge in [0, 0.05) is 28.7 Å². The fourth-order valence-corrected chi connectivity index (χ4v) is 5.54. The van der Waals surface area contributed by atoms with Crippen LogP contribution in [0.3, 0.4) is 0 Å². The van der Waals surface area contributed by atoms with Crippen molar-refractivity contribution >= 4 is 53.4 Å². The number of rotatable bonds is 10. The second kappa shape index (κ2) is 13.7. The number of carbonyl (C=O) groups excluding carboxylic acids is 1. The molecular weight excluding hydrogens is 514 g/mol. The third kappa shape index (κ3) is 7.84. The smallest absolute Gasteiger partial charge is 0.242 e. The van der Waals surface area contributed by atoms with Gasteiger partial charge in [-0.1, -0.05) is 65.6 Å². The molecule has 1 atom stereocenters. The summed E-state index contributed by atoms with van der Waals surface area (Å²) in [6, 6.07) is 2.16. The zero-order valence-electron chi connectivity index (χ0n) is 22.2. The SMILES string of the molecule is C=C1c2cc(-c3nc(NC(CCC)CCC)ncc3Cl)sc2CN1C(C)C(=O)NCC(C)(C)C.OS. The summed E-state index contributed by atoms with van der Waals surface area (Å²) in [6.07, 6.45) is 6.07. The first-order chi connectivity index (χ1) is 17.0. The lowest BCUT2D eigenvalue weighted by Crippen LogP contribution is -2.44. The molecule has 0 aliphatic carbocycles. The quantitative estimate of drug-likeness (QED) is 0.188. The highest BCUT2D eigenvalue weighted by Crippen LogP contribution is 2.43. The van der Waals surface area contributed by atoms with Crippen LogP contribution in [-0.2, 0) is 11.3 Å². The summed E-state index contributed by atoms with van der Waals surface area (Å²) < 4.78 is 6.69. The molecule has 0 fully saturated rings. The molecule has 1 aliphatic rings. The minimum Gasteiger partial charge on any atom is -0.355 e. The Morgan fingerprint density at radius 3 is 2.50 bits per heavy atom. The van der Waals surface area contributed by atoms with Crippen molar-refractivity contribution in [3.8, 4) is 10.6 Å². The second-order valence-electron chi connectivity index (χ2n) is 10.3.